The second-order valence-corrected chi connectivity index (χ2v) is 18.5. The quantitative estimate of drug-likeness (QED) is 0.131. The first-order chi connectivity index (χ1) is 31.5. The number of benzene rings is 3. The molecule has 3 aromatic carbocycles. The molecular formula is C51H55ClN8O7. The van der Waals surface area contributed by atoms with Crippen molar-refractivity contribution in [3.05, 3.63) is 135 Å². The second-order valence-electron chi connectivity index (χ2n) is 18.1. The molecule has 8 aromatic rings. The third-order valence-corrected chi connectivity index (χ3v) is 12.3. The van der Waals surface area contributed by atoms with Gasteiger partial charge in [-0.2, -0.15) is 0 Å². The smallest absolute Gasteiger partial charge is 0.420 e. The largest absolute Gasteiger partial charge is 0.443 e. The van der Waals surface area contributed by atoms with Crippen LogP contribution >= 0.6 is 11.6 Å². The molecule has 5 aromatic heterocycles. The van der Waals surface area contributed by atoms with Gasteiger partial charge in [-0.15, -0.1) is 0 Å². The van der Waals surface area contributed by atoms with E-state index in [0.29, 0.717) is 67.1 Å². The van der Waals surface area contributed by atoms with E-state index in [0.717, 1.165) is 75.7 Å². The number of nitrogens with one attached hydrogen (secondary N) is 1. The predicted octanol–water partition coefficient (Wildman–Crippen LogP) is 11.3. The highest BCUT2D eigenvalue weighted by Crippen LogP contribution is 2.46. The summed E-state index contributed by atoms with van der Waals surface area (Å²) in [6.07, 6.45) is 6.98. The van der Waals surface area contributed by atoms with Crippen molar-refractivity contribution in [2.45, 2.75) is 105 Å². The Morgan fingerprint density at radius 2 is 1.48 bits per heavy atom. The molecule has 5 heterocycles. The summed E-state index contributed by atoms with van der Waals surface area (Å²) < 4.78 is 18.0. The number of rotatable bonds is 9. The van der Waals surface area contributed by atoms with Crippen LogP contribution in [0.15, 0.2) is 82.1 Å². The number of hydrogen-bond donors (Lipinski definition) is 2. The molecule has 1 amide bonds. The van der Waals surface area contributed by atoms with Crippen LogP contribution < -0.4 is 0 Å². The van der Waals surface area contributed by atoms with E-state index in [1.165, 1.54) is 18.7 Å². The highest BCUT2D eigenvalue weighted by molar-refractivity contribution is 6.30. The number of nitrogens with zero attached hydrogens (tertiary/aromatic N) is 7. The lowest BCUT2D eigenvalue weighted by Gasteiger charge is -2.30. The molecule has 15 nitrogen and oxygen atoms in total. The maximum absolute atomic E-state index is 13.2. The minimum atomic E-state index is -1.51. The van der Waals surface area contributed by atoms with Gasteiger partial charge in [-0.05, 0) is 133 Å². The average molecular weight is 928 g/mol. The van der Waals surface area contributed by atoms with Crippen LogP contribution in [0.25, 0.3) is 44.3 Å². The Morgan fingerprint density at radius 3 is 2.01 bits per heavy atom. The van der Waals surface area contributed by atoms with Crippen molar-refractivity contribution < 1.29 is 33.3 Å². The molecule has 10 rings (SSSR count). The van der Waals surface area contributed by atoms with E-state index in [1.807, 2.05) is 84.9 Å². The van der Waals surface area contributed by atoms with Crippen molar-refractivity contribution in [3.63, 3.8) is 0 Å². The molecule has 2 fully saturated rings. The summed E-state index contributed by atoms with van der Waals surface area (Å²) >= 11 is 6.19. The fourth-order valence-electron chi connectivity index (χ4n) is 8.51. The molecule has 1 atom stereocenters. The van der Waals surface area contributed by atoms with Crippen LogP contribution in [0.4, 0.5) is 4.79 Å². The molecule has 2 saturated carbocycles. The van der Waals surface area contributed by atoms with Gasteiger partial charge in [0, 0.05) is 58.6 Å². The van der Waals surface area contributed by atoms with E-state index >= 15 is 0 Å². The number of carbonyl (C=O) groups excluding carboxylic acids is 2. The molecule has 0 saturated heterocycles. The fourth-order valence-corrected chi connectivity index (χ4v) is 8.64. The number of carbonyl (C=O) groups is 2. The SMILES string of the molecule is C.CON(C)C(=O)c1cc(-c2c(C)noc2C)cc2c1nc(C1CC1)n2C(=O)OC(C)(C)C.Cc1noc(C)c1-c1cc(C(O)(c2ccc(Cl)cc2)c2cccnc2)c2nc(C3CC3)[nH]c2c1. The zero-order chi connectivity index (χ0) is 46.8. The van der Waals surface area contributed by atoms with Crippen molar-refractivity contribution in [2.75, 3.05) is 14.2 Å². The van der Waals surface area contributed by atoms with Gasteiger partial charge in [-0.1, -0.05) is 47.5 Å². The van der Waals surface area contributed by atoms with Gasteiger partial charge < -0.3 is 23.9 Å². The Hall–Kier alpha value is -6.68. The number of aromatic nitrogens is 7. The monoisotopic (exact) mass is 926 g/mol. The standard InChI is InChI=1S/C27H23ClN4O2.C23H28N4O5.CH4/c1-15-24(16(2)34-32-15)18-12-22(25-23(13-18)30-26(31-25)17-5-6-17)27(33,20-4-3-11-29-14-20)19-7-9-21(28)10-8-19;1-12-18(13(2)32-25-12)15-10-16(21(28)26(6)30-7)19-17(11-15)27(20(24-19)14-8-9-14)22(29)31-23(3,4)5;/h3-4,7-14,17,33H,5-6H2,1-2H3,(H,30,31);10-11,14H,8-9H2,1-7H3;1H4. The average Bonchev–Trinajstić information content (AvgIpc) is 4.19. The third kappa shape index (κ3) is 8.86. The maximum Gasteiger partial charge on any atom is 0.420 e. The first kappa shape index (κ1) is 46.8. The zero-order valence-corrected chi connectivity index (χ0v) is 39.1. The van der Waals surface area contributed by atoms with Crippen molar-refractivity contribution in [3.8, 4) is 22.3 Å². The van der Waals surface area contributed by atoms with Crippen LogP contribution in [-0.4, -0.2) is 76.7 Å². The first-order valence-corrected chi connectivity index (χ1v) is 22.3. The molecule has 1 unspecified atom stereocenters. The number of imidazole rings is 2. The summed E-state index contributed by atoms with van der Waals surface area (Å²) in [6, 6.07) is 18.6. The summed E-state index contributed by atoms with van der Waals surface area (Å²) in [5.74, 6) is 3.12. The molecule has 2 N–H and O–H groups in total. The van der Waals surface area contributed by atoms with Crippen molar-refractivity contribution in [1.29, 1.82) is 0 Å². The number of hydrogen-bond acceptors (Lipinski definition) is 12. The number of halogens is 1. The number of aromatic amines is 1. The lowest BCUT2D eigenvalue weighted by Crippen LogP contribution is -2.29. The maximum atomic E-state index is 13.2. The summed E-state index contributed by atoms with van der Waals surface area (Å²) in [4.78, 5) is 49.1. The number of H-pyrrole nitrogens is 1. The molecule has 0 aliphatic heterocycles. The molecular weight excluding hydrogens is 872 g/mol. The van der Waals surface area contributed by atoms with Crippen LogP contribution in [0.5, 0.6) is 0 Å². The van der Waals surface area contributed by atoms with Gasteiger partial charge in [0.15, 0.2) is 0 Å². The minimum Gasteiger partial charge on any atom is -0.443 e. The number of fused-ring (bicyclic) bond motifs is 2. The van der Waals surface area contributed by atoms with Crippen LogP contribution in [0, 0.1) is 27.7 Å². The number of amides is 1. The minimum absolute atomic E-state index is 0. The summed E-state index contributed by atoms with van der Waals surface area (Å²) in [7, 11) is 2.95. The van der Waals surface area contributed by atoms with E-state index in [4.69, 9.17) is 40.2 Å². The van der Waals surface area contributed by atoms with Crippen LogP contribution in [0.2, 0.25) is 5.02 Å². The summed E-state index contributed by atoms with van der Waals surface area (Å²) in [5, 5.41) is 22.5. The first-order valence-electron chi connectivity index (χ1n) is 21.9. The normalized spacial score (nSPS) is 14.6. The van der Waals surface area contributed by atoms with Crippen LogP contribution in [-0.2, 0) is 15.2 Å². The Labute approximate surface area is 393 Å². The lowest BCUT2D eigenvalue weighted by atomic mass is 9.79. The number of hydroxylamine groups is 2. The van der Waals surface area contributed by atoms with Gasteiger partial charge >= 0.3 is 6.09 Å². The highest BCUT2D eigenvalue weighted by atomic mass is 35.5. The van der Waals surface area contributed by atoms with Crippen molar-refractivity contribution in [2.24, 2.45) is 0 Å². The van der Waals surface area contributed by atoms with Gasteiger partial charge in [0.2, 0.25) is 0 Å². The molecule has 2 aliphatic carbocycles. The topological polar surface area (TPSA) is 188 Å². The third-order valence-electron chi connectivity index (χ3n) is 12.0. The lowest BCUT2D eigenvalue weighted by molar-refractivity contribution is -0.0755. The number of aliphatic hydroxyl groups is 1. The van der Waals surface area contributed by atoms with Crippen LogP contribution in [0.1, 0.15) is 127 Å². The molecule has 0 radical (unpaired) electrons. The van der Waals surface area contributed by atoms with E-state index in [1.54, 1.807) is 30.6 Å². The van der Waals surface area contributed by atoms with E-state index in [2.05, 4.69) is 26.3 Å². The molecule has 0 bridgehead atoms. The van der Waals surface area contributed by atoms with Gasteiger partial charge in [0.1, 0.15) is 39.9 Å². The Bertz CT molecular complexity index is 3100. The van der Waals surface area contributed by atoms with Gasteiger partial charge in [0.05, 0.1) is 40.6 Å². The molecule has 16 heteroatoms. The fraction of sp³-hybridized carbons (Fsp3) is 0.353. The van der Waals surface area contributed by atoms with Gasteiger partial charge in [-0.3, -0.25) is 14.6 Å². The van der Waals surface area contributed by atoms with Crippen molar-refractivity contribution >= 4 is 45.7 Å². The highest BCUT2D eigenvalue weighted by Gasteiger charge is 2.39. The van der Waals surface area contributed by atoms with E-state index < -0.39 is 17.3 Å². The zero-order valence-electron chi connectivity index (χ0n) is 38.3. The van der Waals surface area contributed by atoms with Crippen LogP contribution in [0.3, 0.4) is 0 Å². The van der Waals surface area contributed by atoms with E-state index in [-0.39, 0.29) is 19.3 Å². The molecule has 2 aliphatic rings. The predicted molar refractivity (Wildman–Crippen MR) is 255 cm³/mol. The van der Waals surface area contributed by atoms with E-state index in [9.17, 15) is 14.7 Å². The summed E-state index contributed by atoms with van der Waals surface area (Å²) in [6.45, 7) is 12.9. The number of pyridine rings is 1. The molecule has 0 spiro atoms. The Kier molecular flexibility index (Phi) is 12.5. The second kappa shape index (κ2) is 17.8. The Balaban J connectivity index is 0.000000179. The molecule has 67 heavy (non-hydrogen) atoms. The van der Waals surface area contributed by atoms with Gasteiger partial charge in [-0.25, -0.2) is 24.4 Å². The van der Waals surface area contributed by atoms with Crippen molar-refractivity contribution in [1.82, 2.24) is 39.9 Å². The van der Waals surface area contributed by atoms with Gasteiger partial charge in [0.25, 0.3) is 5.91 Å². The Morgan fingerprint density at radius 1 is 0.851 bits per heavy atom. The number of ether oxygens (including phenoxy) is 1. The summed E-state index contributed by atoms with van der Waals surface area (Å²) in [5.41, 5.74) is 7.43. The number of aryl methyl sites for hydroxylation is 4. The molecule has 348 valence electrons.